The number of carbonyl (C=O) groups is 2. The molecule has 3 rings (SSSR count). The van der Waals surface area contributed by atoms with Gasteiger partial charge in [0.15, 0.2) is 0 Å². The molecule has 1 aliphatic carbocycles. The molecule has 1 amide bonds. The van der Waals surface area contributed by atoms with E-state index < -0.39 is 23.8 Å². The third kappa shape index (κ3) is 3.25. The van der Waals surface area contributed by atoms with E-state index in [1.165, 1.54) is 17.0 Å². The summed E-state index contributed by atoms with van der Waals surface area (Å²) in [6.07, 6.45) is -1.79. The molecule has 0 aromatic heterocycles. The number of carboxylic acids is 1. The normalized spacial score (nSPS) is 27.0. The number of alkyl halides is 3. The Morgan fingerprint density at radius 1 is 1.12 bits per heavy atom. The van der Waals surface area contributed by atoms with Crippen LogP contribution < -0.4 is 0 Å². The van der Waals surface area contributed by atoms with Gasteiger partial charge in [-0.15, -0.1) is 0 Å². The van der Waals surface area contributed by atoms with Crippen molar-refractivity contribution < 1.29 is 27.9 Å². The van der Waals surface area contributed by atoms with Crippen LogP contribution in [0.15, 0.2) is 24.3 Å². The topological polar surface area (TPSA) is 57.6 Å². The number of likely N-dealkylation sites (tertiary alicyclic amines) is 1. The molecule has 0 spiro atoms. The Hall–Kier alpha value is -2.05. The summed E-state index contributed by atoms with van der Waals surface area (Å²) in [6, 6.07) is 4.09. The van der Waals surface area contributed by atoms with Crippen LogP contribution in [0, 0.1) is 5.92 Å². The molecule has 2 unspecified atom stereocenters. The molecule has 1 saturated carbocycles. The van der Waals surface area contributed by atoms with Gasteiger partial charge in [0.05, 0.1) is 5.56 Å². The molecule has 1 saturated heterocycles. The summed E-state index contributed by atoms with van der Waals surface area (Å²) < 4.78 is 37.8. The first-order valence-corrected chi connectivity index (χ1v) is 7.99. The fourth-order valence-electron chi connectivity index (χ4n) is 3.42. The molecule has 3 atom stereocenters. The molecule has 1 N–H and O–H groups in total. The molecule has 1 aromatic carbocycles. The van der Waals surface area contributed by atoms with Crippen molar-refractivity contribution in [3.63, 3.8) is 0 Å². The fourth-order valence-corrected chi connectivity index (χ4v) is 3.42. The number of rotatable bonds is 3. The van der Waals surface area contributed by atoms with Crippen molar-refractivity contribution >= 4 is 11.9 Å². The van der Waals surface area contributed by atoms with Gasteiger partial charge < -0.3 is 10.0 Å². The second-order valence-corrected chi connectivity index (χ2v) is 6.45. The molecule has 0 bridgehead atoms. The van der Waals surface area contributed by atoms with Gasteiger partial charge in [-0.2, -0.15) is 13.2 Å². The van der Waals surface area contributed by atoms with Gasteiger partial charge in [-0.3, -0.25) is 4.79 Å². The molecule has 1 aliphatic heterocycles. The second-order valence-electron chi connectivity index (χ2n) is 6.45. The van der Waals surface area contributed by atoms with E-state index in [0.29, 0.717) is 24.9 Å². The zero-order chi connectivity index (χ0) is 17.5. The van der Waals surface area contributed by atoms with Gasteiger partial charge >= 0.3 is 12.1 Å². The summed E-state index contributed by atoms with van der Waals surface area (Å²) in [5.74, 6) is -1.61. The molecule has 130 valence electrons. The van der Waals surface area contributed by atoms with E-state index in [4.69, 9.17) is 0 Å². The number of nitrogens with zero attached hydrogens (tertiary/aromatic N) is 1. The van der Waals surface area contributed by atoms with E-state index >= 15 is 0 Å². The van der Waals surface area contributed by atoms with Crippen LogP contribution in [-0.4, -0.2) is 34.5 Å². The lowest BCUT2D eigenvalue weighted by Gasteiger charge is -2.33. The van der Waals surface area contributed by atoms with Gasteiger partial charge in [0.1, 0.15) is 6.04 Å². The van der Waals surface area contributed by atoms with Gasteiger partial charge in [0.2, 0.25) is 5.91 Å². The maximum atomic E-state index is 12.6. The lowest BCUT2D eigenvalue weighted by Crippen LogP contribution is -2.48. The fraction of sp³-hybridized carbons (Fsp3) is 0.529. The minimum atomic E-state index is -4.38. The van der Waals surface area contributed by atoms with Crippen LogP contribution >= 0.6 is 0 Å². The summed E-state index contributed by atoms with van der Waals surface area (Å²) in [4.78, 5) is 25.3. The Kier molecular flexibility index (Phi) is 4.27. The standard InChI is InChI=1S/C17H18F3NO3/c18-17(19,20)11-6-4-10(5-7-11)12-9-13(12)15(22)21-8-2-1-3-14(21)16(23)24/h4-7,12-14H,1-3,8-9H2,(H,23,24)/t12?,13?,14-/m1/s1. The molecule has 4 nitrogen and oxygen atoms in total. The SMILES string of the molecule is O=C(O)[C@H]1CCCCN1C(=O)C1CC1c1ccc(C(F)(F)F)cc1. The average molecular weight is 341 g/mol. The first-order chi connectivity index (χ1) is 11.3. The van der Waals surface area contributed by atoms with Crippen molar-refractivity contribution in [2.75, 3.05) is 6.54 Å². The highest BCUT2D eigenvalue weighted by atomic mass is 19.4. The highest BCUT2D eigenvalue weighted by Crippen LogP contribution is 2.49. The Morgan fingerprint density at radius 2 is 1.79 bits per heavy atom. The molecular weight excluding hydrogens is 323 g/mol. The van der Waals surface area contributed by atoms with Crippen molar-refractivity contribution in [3.05, 3.63) is 35.4 Å². The number of aliphatic carboxylic acids is 1. The van der Waals surface area contributed by atoms with Crippen LogP contribution in [0.25, 0.3) is 0 Å². The zero-order valence-corrected chi connectivity index (χ0v) is 12.9. The summed E-state index contributed by atoms with van der Waals surface area (Å²) in [5.41, 5.74) is -0.0121. The number of carboxylic acid groups (broad SMARTS) is 1. The molecule has 2 fully saturated rings. The van der Waals surface area contributed by atoms with E-state index in [-0.39, 0.29) is 17.7 Å². The minimum Gasteiger partial charge on any atom is -0.480 e. The number of amides is 1. The minimum absolute atomic E-state index is 0.115. The van der Waals surface area contributed by atoms with Gasteiger partial charge in [-0.25, -0.2) is 4.79 Å². The van der Waals surface area contributed by atoms with E-state index in [1.54, 1.807) is 0 Å². The van der Waals surface area contributed by atoms with Crippen LogP contribution in [0.2, 0.25) is 0 Å². The molecule has 2 aliphatic rings. The van der Waals surface area contributed by atoms with Crippen LogP contribution in [0.3, 0.4) is 0 Å². The highest BCUT2D eigenvalue weighted by molar-refractivity contribution is 5.87. The first kappa shape index (κ1) is 16.8. The van der Waals surface area contributed by atoms with E-state index in [2.05, 4.69) is 0 Å². The van der Waals surface area contributed by atoms with E-state index in [0.717, 1.165) is 25.0 Å². The lowest BCUT2D eigenvalue weighted by molar-refractivity contribution is -0.152. The number of halogens is 3. The molecule has 0 radical (unpaired) electrons. The van der Waals surface area contributed by atoms with Crippen molar-refractivity contribution in [1.82, 2.24) is 4.90 Å². The predicted octanol–water partition coefficient (Wildman–Crippen LogP) is 3.27. The maximum Gasteiger partial charge on any atom is 0.416 e. The van der Waals surface area contributed by atoms with Crippen molar-refractivity contribution in [2.45, 2.75) is 43.8 Å². The summed E-state index contributed by atoms with van der Waals surface area (Å²) in [6.45, 7) is 0.437. The quantitative estimate of drug-likeness (QED) is 0.918. The van der Waals surface area contributed by atoms with Crippen LogP contribution in [0.5, 0.6) is 0 Å². The molecular formula is C17H18F3NO3. The number of carbonyl (C=O) groups excluding carboxylic acids is 1. The first-order valence-electron chi connectivity index (χ1n) is 7.99. The smallest absolute Gasteiger partial charge is 0.416 e. The van der Waals surface area contributed by atoms with Crippen LogP contribution in [0.4, 0.5) is 13.2 Å². The Balaban J connectivity index is 1.68. The molecule has 24 heavy (non-hydrogen) atoms. The van der Waals surface area contributed by atoms with E-state index in [9.17, 15) is 27.9 Å². The third-order valence-electron chi connectivity index (χ3n) is 4.84. The number of hydrogen-bond donors (Lipinski definition) is 1. The van der Waals surface area contributed by atoms with Crippen molar-refractivity contribution in [2.24, 2.45) is 5.92 Å². The maximum absolute atomic E-state index is 12.6. The molecule has 1 aromatic rings. The zero-order valence-electron chi connectivity index (χ0n) is 12.9. The van der Waals surface area contributed by atoms with Gasteiger partial charge in [0, 0.05) is 12.5 Å². The average Bonchev–Trinajstić information content (AvgIpc) is 3.34. The van der Waals surface area contributed by atoms with E-state index in [1.807, 2.05) is 0 Å². The van der Waals surface area contributed by atoms with Gasteiger partial charge in [-0.1, -0.05) is 12.1 Å². The van der Waals surface area contributed by atoms with Crippen molar-refractivity contribution in [1.29, 1.82) is 0 Å². The van der Waals surface area contributed by atoms with Crippen molar-refractivity contribution in [3.8, 4) is 0 Å². The monoisotopic (exact) mass is 341 g/mol. The highest BCUT2D eigenvalue weighted by Gasteiger charge is 2.48. The third-order valence-corrected chi connectivity index (χ3v) is 4.84. The summed E-state index contributed by atoms with van der Waals surface area (Å²) in [5, 5.41) is 9.25. The molecule has 7 heteroatoms. The lowest BCUT2D eigenvalue weighted by atomic mass is 10.0. The number of piperidine rings is 1. The van der Waals surface area contributed by atoms with Gasteiger partial charge in [-0.05, 0) is 49.3 Å². The Labute approximate surface area is 137 Å². The largest absolute Gasteiger partial charge is 0.480 e. The molecule has 1 heterocycles. The summed E-state index contributed by atoms with van der Waals surface area (Å²) in [7, 11) is 0. The van der Waals surface area contributed by atoms with Gasteiger partial charge in [0.25, 0.3) is 0 Å². The Morgan fingerprint density at radius 3 is 2.38 bits per heavy atom. The Bertz CT molecular complexity index is 641. The van der Waals surface area contributed by atoms with Crippen LogP contribution in [-0.2, 0) is 15.8 Å². The number of benzene rings is 1. The number of hydrogen-bond acceptors (Lipinski definition) is 2. The predicted molar refractivity (Wildman–Crippen MR) is 79.3 cm³/mol. The second kappa shape index (κ2) is 6.11. The van der Waals surface area contributed by atoms with Crippen LogP contribution in [0.1, 0.15) is 42.7 Å². The summed E-state index contributed by atoms with van der Waals surface area (Å²) >= 11 is 0.